The Morgan fingerprint density at radius 1 is 1.04 bits per heavy atom. The average molecular weight is 348 g/mol. The molecule has 1 atom stereocenters. The largest absolute Gasteiger partial charge is 0.354 e. The summed E-state index contributed by atoms with van der Waals surface area (Å²) in [5.41, 5.74) is 0.831. The van der Waals surface area contributed by atoms with E-state index in [1.165, 1.54) is 0 Å². The van der Waals surface area contributed by atoms with Gasteiger partial charge in [0.05, 0.1) is 5.92 Å². The maximum Gasteiger partial charge on any atom is 0.229 e. The van der Waals surface area contributed by atoms with Crippen LogP contribution in [0.1, 0.15) is 12.8 Å². The number of aromatic nitrogens is 4. The molecular weight excluding hydrogens is 328 g/mol. The highest BCUT2D eigenvalue weighted by Crippen LogP contribution is 2.23. The van der Waals surface area contributed by atoms with Crippen LogP contribution in [0.3, 0.4) is 0 Å². The average Bonchev–Trinajstić information content (AvgIpc) is 3.24. The molecule has 1 aliphatic heterocycles. The molecule has 1 amide bonds. The summed E-state index contributed by atoms with van der Waals surface area (Å²) in [6, 6.07) is 15.2. The van der Waals surface area contributed by atoms with Crippen molar-refractivity contribution in [3.8, 4) is 5.82 Å². The SMILES string of the molecule is O=C(Nc1ccccc1)C1CCCN(c2ccc(-n3cccn3)nn2)C1. The first-order chi connectivity index (χ1) is 12.8. The van der Waals surface area contributed by atoms with Crippen molar-refractivity contribution in [1.82, 2.24) is 20.0 Å². The van der Waals surface area contributed by atoms with Gasteiger partial charge in [-0.3, -0.25) is 4.79 Å². The van der Waals surface area contributed by atoms with Gasteiger partial charge in [0.2, 0.25) is 5.91 Å². The molecule has 1 aromatic carbocycles. The van der Waals surface area contributed by atoms with Crippen LogP contribution in [0.2, 0.25) is 0 Å². The lowest BCUT2D eigenvalue weighted by Crippen LogP contribution is -2.41. The Morgan fingerprint density at radius 2 is 1.85 bits per heavy atom. The fourth-order valence-corrected chi connectivity index (χ4v) is 3.18. The standard InChI is InChI=1S/C19H20N6O/c26-19(21-16-7-2-1-3-8-16)15-6-4-12-24(14-15)17-9-10-18(23-22-17)25-13-5-11-20-25/h1-3,5,7-11,13,15H,4,6,12,14H2,(H,21,26). The number of piperidine rings is 1. The number of carbonyl (C=O) groups excluding carboxylic acids is 1. The van der Waals surface area contributed by atoms with Gasteiger partial charge in [-0.2, -0.15) is 5.10 Å². The number of para-hydroxylation sites is 1. The summed E-state index contributed by atoms with van der Waals surface area (Å²) >= 11 is 0. The maximum absolute atomic E-state index is 12.6. The molecule has 0 spiro atoms. The van der Waals surface area contributed by atoms with Crippen LogP contribution < -0.4 is 10.2 Å². The van der Waals surface area contributed by atoms with Crippen molar-refractivity contribution in [3.63, 3.8) is 0 Å². The molecule has 0 saturated carbocycles. The zero-order chi connectivity index (χ0) is 17.8. The van der Waals surface area contributed by atoms with Crippen molar-refractivity contribution in [2.45, 2.75) is 12.8 Å². The number of amides is 1. The van der Waals surface area contributed by atoms with Gasteiger partial charge in [0.15, 0.2) is 11.6 Å². The van der Waals surface area contributed by atoms with Crippen molar-refractivity contribution >= 4 is 17.4 Å². The lowest BCUT2D eigenvalue weighted by Gasteiger charge is -2.32. The molecule has 7 nitrogen and oxygen atoms in total. The predicted molar refractivity (Wildman–Crippen MR) is 99.2 cm³/mol. The summed E-state index contributed by atoms with van der Waals surface area (Å²) in [5, 5.41) is 15.7. The molecule has 0 bridgehead atoms. The van der Waals surface area contributed by atoms with E-state index >= 15 is 0 Å². The van der Waals surface area contributed by atoms with Crippen molar-refractivity contribution < 1.29 is 4.79 Å². The Labute approximate surface area is 151 Å². The molecule has 1 fully saturated rings. The first-order valence-electron chi connectivity index (χ1n) is 8.74. The van der Waals surface area contributed by atoms with E-state index < -0.39 is 0 Å². The quantitative estimate of drug-likeness (QED) is 0.784. The van der Waals surface area contributed by atoms with Gasteiger partial charge in [-0.25, -0.2) is 4.68 Å². The van der Waals surface area contributed by atoms with Crippen LogP contribution in [0.25, 0.3) is 5.82 Å². The summed E-state index contributed by atoms with van der Waals surface area (Å²) in [6.45, 7) is 1.53. The molecule has 132 valence electrons. The van der Waals surface area contributed by atoms with Crippen molar-refractivity contribution in [2.75, 3.05) is 23.3 Å². The molecule has 7 heteroatoms. The summed E-state index contributed by atoms with van der Waals surface area (Å²) < 4.78 is 1.67. The van der Waals surface area contributed by atoms with Crippen LogP contribution in [0.15, 0.2) is 60.9 Å². The van der Waals surface area contributed by atoms with Gasteiger partial charge in [-0.15, -0.1) is 10.2 Å². The lowest BCUT2D eigenvalue weighted by atomic mass is 9.97. The van der Waals surface area contributed by atoms with Gasteiger partial charge in [0, 0.05) is 31.2 Å². The minimum atomic E-state index is -0.0588. The molecule has 3 heterocycles. The second kappa shape index (κ2) is 7.35. The molecule has 1 aliphatic rings. The molecular formula is C19H20N6O. The number of anilines is 2. The molecule has 1 saturated heterocycles. The Balaban J connectivity index is 1.42. The fraction of sp³-hybridized carbons (Fsp3) is 0.263. The summed E-state index contributed by atoms with van der Waals surface area (Å²) in [4.78, 5) is 14.7. The van der Waals surface area contributed by atoms with Gasteiger partial charge in [0.25, 0.3) is 0 Å². The van der Waals surface area contributed by atoms with Crippen molar-refractivity contribution in [2.24, 2.45) is 5.92 Å². The van der Waals surface area contributed by atoms with E-state index in [-0.39, 0.29) is 11.8 Å². The third-order valence-electron chi connectivity index (χ3n) is 4.53. The maximum atomic E-state index is 12.6. The molecule has 3 aromatic rings. The van der Waals surface area contributed by atoms with E-state index in [9.17, 15) is 4.79 Å². The van der Waals surface area contributed by atoms with E-state index in [0.29, 0.717) is 12.4 Å². The van der Waals surface area contributed by atoms with E-state index in [4.69, 9.17) is 0 Å². The van der Waals surface area contributed by atoms with Gasteiger partial charge in [0.1, 0.15) is 0 Å². The van der Waals surface area contributed by atoms with E-state index in [0.717, 1.165) is 30.9 Å². The molecule has 1 N–H and O–H groups in total. The van der Waals surface area contributed by atoms with Crippen molar-refractivity contribution in [3.05, 3.63) is 60.9 Å². The highest BCUT2D eigenvalue weighted by molar-refractivity contribution is 5.93. The zero-order valence-corrected chi connectivity index (χ0v) is 14.3. The van der Waals surface area contributed by atoms with Gasteiger partial charge < -0.3 is 10.2 Å². The molecule has 1 unspecified atom stereocenters. The molecule has 0 radical (unpaired) electrons. The van der Waals surface area contributed by atoms with Crippen LogP contribution in [-0.4, -0.2) is 39.0 Å². The minimum absolute atomic E-state index is 0.0574. The zero-order valence-electron chi connectivity index (χ0n) is 14.3. The fourth-order valence-electron chi connectivity index (χ4n) is 3.18. The third kappa shape index (κ3) is 3.56. The number of rotatable bonds is 4. The van der Waals surface area contributed by atoms with E-state index in [2.05, 4.69) is 25.5 Å². The monoisotopic (exact) mass is 348 g/mol. The van der Waals surface area contributed by atoms with Crippen LogP contribution in [-0.2, 0) is 4.79 Å². The Morgan fingerprint density at radius 3 is 2.58 bits per heavy atom. The molecule has 2 aromatic heterocycles. The third-order valence-corrected chi connectivity index (χ3v) is 4.53. The summed E-state index contributed by atoms with van der Waals surface area (Å²) in [6.07, 6.45) is 5.37. The van der Waals surface area contributed by atoms with E-state index in [1.807, 2.05) is 54.7 Å². The molecule has 0 aliphatic carbocycles. The number of nitrogens with one attached hydrogen (secondary N) is 1. The number of carbonyl (C=O) groups is 1. The minimum Gasteiger partial charge on any atom is -0.354 e. The summed E-state index contributed by atoms with van der Waals surface area (Å²) in [7, 11) is 0. The van der Waals surface area contributed by atoms with Crippen LogP contribution >= 0.6 is 0 Å². The Hall–Kier alpha value is -3.22. The number of hydrogen-bond acceptors (Lipinski definition) is 5. The van der Waals surface area contributed by atoms with Gasteiger partial charge in [-0.1, -0.05) is 18.2 Å². The normalized spacial score (nSPS) is 17.1. The number of nitrogens with zero attached hydrogens (tertiary/aromatic N) is 5. The van der Waals surface area contributed by atoms with Crippen LogP contribution in [0.4, 0.5) is 11.5 Å². The predicted octanol–water partition coefficient (Wildman–Crippen LogP) is 2.52. The number of hydrogen-bond donors (Lipinski definition) is 1. The van der Waals surface area contributed by atoms with E-state index in [1.54, 1.807) is 10.9 Å². The van der Waals surface area contributed by atoms with Crippen molar-refractivity contribution in [1.29, 1.82) is 0 Å². The van der Waals surface area contributed by atoms with Crippen LogP contribution in [0.5, 0.6) is 0 Å². The first kappa shape index (κ1) is 16.3. The smallest absolute Gasteiger partial charge is 0.229 e. The second-order valence-electron chi connectivity index (χ2n) is 6.34. The molecule has 26 heavy (non-hydrogen) atoms. The highest BCUT2D eigenvalue weighted by atomic mass is 16.1. The van der Waals surface area contributed by atoms with Gasteiger partial charge >= 0.3 is 0 Å². The highest BCUT2D eigenvalue weighted by Gasteiger charge is 2.26. The number of benzene rings is 1. The van der Waals surface area contributed by atoms with Crippen LogP contribution in [0, 0.1) is 5.92 Å². The summed E-state index contributed by atoms with van der Waals surface area (Å²) in [5.74, 6) is 1.46. The Bertz CT molecular complexity index is 848. The first-order valence-corrected chi connectivity index (χ1v) is 8.74. The lowest BCUT2D eigenvalue weighted by molar-refractivity contribution is -0.120. The van der Waals surface area contributed by atoms with Gasteiger partial charge in [-0.05, 0) is 43.2 Å². The topological polar surface area (TPSA) is 75.9 Å². The Kier molecular flexibility index (Phi) is 4.59. The molecule has 4 rings (SSSR count). The second-order valence-corrected chi connectivity index (χ2v) is 6.34.